The highest BCUT2D eigenvalue weighted by Crippen LogP contribution is 2.51. The molecule has 0 aromatic carbocycles. The van der Waals surface area contributed by atoms with E-state index in [0.29, 0.717) is 17.8 Å². The van der Waals surface area contributed by atoms with Gasteiger partial charge in [0, 0.05) is 19.0 Å². The fraction of sp³-hybridized carbons (Fsp3) is 0.750. The van der Waals surface area contributed by atoms with E-state index >= 15 is 0 Å². The van der Waals surface area contributed by atoms with Crippen LogP contribution in [0, 0.1) is 30.1 Å². The van der Waals surface area contributed by atoms with Crippen molar-refractivity contribution in [2.45, 2.75) is 26.4 Å². The zero-order valence-electron chi connectivity index (χ0n) is 9.49. The Hall–Kier alpha value is -1.17. The summed E-state index contributed by atoms with van der Waals surface area (Å²) in [5.41, 5.74) is -0.407. The van der Waals surface area contributed by atoms with E-state index < -0.39 is 5.60 Å². The molecule has 0 unspecified atom stereocenters. The number of fused-ring (bicyclic) bond motifs is 1. The van der Waals surface area contributed by atoms with E-state index in [9.17, 15) is 4.79 Å². The van der Waals surface area contributed by atoms with Gasteiger partial charge in [-0.3, -0.25) is 0 Å². The molecule has 1 amide bonds. The number of likely N-dealkylation sites (tertiary alicyclic amines) is 1. The van der Waals surface area contributed by atoms with Crippen LogP contribution in [0.2, 0.25) is 0 Å². The van der Waals surface area contributed by atoms with Gasteiger partial charge in [-0.2, -0.15) is 0 Å². The van der Waals surface area contributed by atoms with Gasteiger partial charge in [-0.05, 0) is 32.6 Å². The summed E-state index contributed by atoms with van der Waals surface area (Å²) in [6, 6.07) is 0. The summed E-state index contributed by atoms with van der Waals surface area (Å²) in [6.45, 7) is 7.19. The number of hydrogen-bond donors (Lipinski definition) is 0. The smallest absolute Gasteiger partial charge is 0.410 e. The monoisotopic (exact) mass is 207 g/mol. The Labute approximate surface area is 90.8 Å². The molecule has 0 bridgehead atoms. The Bertz CT molecular complexity index is 311. The molecule has 15 heavy (non-hydrogen) atoms. The number of piperidine rings is 1. The van der Waals surface area contributed by atoms with Crippen LogP contribution >= 0.6 is 0 Å². The molecule has 2 fully saturated rings. The lowest BCUT2D eigenvalue weighted by atomic mass is 10.2. The third-order valence-corrected chi connectivity index (χ3v) is 3.04. The molecule has 1 aliphatic heterocycles. The first kappa shape index (κ1) is 10.4. The van der Waals surface area contributed by atoms with Crippen molar-refractivity contribution in [3.05, 3.63) is 0 Å². The number of rotatable bonds is 0. The van der Waals surface area contributed by atoms with Gasteiger partial charge in [-0.25, -0.2) is 4.79 Å². The first-order chi connectivity index (χ1) is 6.92. The van der Waals surface area contributed by atoms with Crippen molar-refractivity contribution in [2.75, 3.05) is 13.1 Å². The molecule has 3 heteroatoms. The van der Waals surface area contributed by atoms with E-state index in [4.69, 9.17) is 11.2 Å². The van der Waals surface area contributed by atoms with Crippen LogP contribution in [0.15, 0.2) is 0 Å². The fourth-order valence-electron chi connectivity index (χ4n) is 2.25. The average molecular weight is 207 g/mol. The molecule has 3 atom stereocenters. The molecule has 1 heterocycles. The molecule has 2 aliphatic rings. The summed E-state index contributed by atoms with van der Waals surface area (Å²) >= 11 is 0. The van der Waals surface area contributed by atoms with Gasteiger partial charge in [0.2, 0.25) is 0 Å². The van der Waals surface area contributed by atoms with Gasteiger partial charge in [0.25, 0.3) is 0 Å². The molecule has 0 aromatic rings. The molecular weight excluding hydrogens is 190 g/mol. The minimum atomic E-state index is -0.407. The maximum absolute atomic E-state index is 11.7. The number of hydrogen-bond acceptors (Lipinski definition) is 2. The average Bonchev–Trinajstić information content (AvgIpc) is 2.54. The summed E-state index contributed by atoms with van der Waals surface area (Å²) in [5, 5.41) is 0. The van der Waals surface area contributed by atoms with E-state index in [1.54, 1.807) is 4.90 Å². The zero-order valence-corrected chi connectivity index (χ0v) is 9.49. The summed E-state index contributed by atoms with van der Waals surface area (Å²) < 4.78 is 5.29. The van der Waals surface area contributed by atoms with Gasteiger partial charge in [0.05, 0.1) is 0 Å². The molecule has 82 valence electrons. The molecule has 0 aromatic heterocycles. The number of amides is 1. The summed E-state index contributed by atoms with van der Waals surface area (Å²) in [5.74, 6) is 4.24. The quantitative estimate of drug-likeness (QED) is 0.566. The van der Waals surface area contributed by atoms with Crippen molar-refractivity contribution < 1.29 is 9.53 Å². The highest BCUT2D eigenvalue weighted by Gasteiger charge is 2.56. The van der Waals surface area contributed by atoms with Crippen LogP contribution < -0.4 is 0 Å². The van der Waals surface area contributed by atoms with Crippen LogP contribution in [0.1, 0.15) is 20.8 Å². The first-order valence-corrected chi connectivity index (χ1v) is 5.36. The van der Waals surface area contributed by atoms with E-state index in [-0.39, 0.29) is 6.09 Å². The van der Waals surface area contributed by atoms with E-state index in [1.807, 2.05) is 20.8 Å². The summed E-state index contributed by atoms with van der Waals surface area (Å²) in [7, 11) is 0. The number of carbonyl (C=O) groups is 1. The zero-order chi connectivity index (χ0) is 11.2. The lowest BCUT2D eigenvalue weighted by Crippen LogP contribution is -2.36. The van der Waals surface area contributed by atoms with Crippen molar-refractivity contribution in [2.24, 2.45) is 17.8 Å². The number of nitrogens with zero attached hydrogens (tertiary/aromatic N) is 1. The maximum Gasteiger partial charge on any atom is 0.410 e. The Morgan fingerprint density at radius 2 is 1.93 bits per heavy atom. The Kier molecular flexibility index (Phi) is 2.18. The molecule has 0 radical (unpaired) electrons. The highest BCUT2D eigenvalue weighted by atomic mass is 16.6. The van der Waals surface area contributed by atoms with Gasteiger partial charge in [0.15, 0.2) is 0 Å². The number of carbonyl (C=O) groups excluding carboxylic acids is 1. The molecular formula is C12H17NO2. The topological polar surface area (TPSA) is 29.5 Å². The lowest BCUT2D eigenvalue weighted by molar-refractivity contribution is 0.0269. The largest absolute Gasteiger partial charge is 0.444 e. The van der Waals surface area contributed by atoms with Gasteiger partial charge >= 0.3 is 6.09 Å². The molecule has 1 saturated heterocycles. The van der Waals surface area contributed by atoms with Crippen LogP contribution in [0.5, 0.6) is 0 Å². The second kappa shape index (κ2) is 3.16. The Morgan fingerprint density at radius 1 is 1.40 bits per heavy atom. The van der Waals surface area contributed by atoms with Crippen molar-refractivity contribution in [1.82, 2.24) is 4.90 Å². The minimum absolute atomic E-state index is 0.203. The SMILES string of the molecule is C#C[C@@H]1[C@H]2CN(C(=O)OC(C)(C)C)C[C@@H]12. The molecule has 0 spiro atoms. The first-order valence-electron chi connectivity index (χ1n) is 5.36. The molecule has 2 rings (SSSR count). The predicted molar refractivity (Wildman–Crippen MR) is 57.1 cm³/mol. The highest BCUT2D eigenvalue weighted by molar-refractivity contribution is 5.69. The second-order valence-electron chi connectivity index (χ2n) is 5.41. The minimum Gasteiger partial charge on any atom is -0.444 e. The Morgan fingerprint density at radius 3 is 2.33 bits per heavy atom. The van der Waals surface area contributed by atoms with Gasteiger partial charge in [0.1, 0.15) is 5.60 Å². The summed E-state index contributed by atoms with van der Waals surface area (Å²) in [4.78, 5) is 13.4. The Balaban J connectivity index is 1.85. The third-order valence-electron chi connectivity index (χ3n) is 3.04. The summed E-state index contributed by atoms with van der Waals surface area (Å²) in [6.07, 6.45) is 5.16. The number of terminal acetylenes is 1. The predicted octanol–water partition coefficient (Wildman–Crippen LogP) is 1.73. The van der Waals surface area contributed by atoms with Crippen LogP contribution in [0.4, 0.5) is 4.79 Å². The second-order valence-corrected chi connectivity index (χ2v) is 5.41. The van der Waals surface area contributed by atoms with Gasteiger partial charge < -0.3 is 9.64 Å². The van der Waals surface area contributed by atoms with Crippen molar-refractivity contribution in [1.29, 1.82) is 0 Å². The molecule has 3 nitrogen and oxygen atoms in total. The van der Waals surface area contributed by atoms with Crippen LogP contribution in [-0.2, 0) is 4.74 Å². The van der Waals surface area contributed by atoms with E-state index in [2.05, 4.69) is 5.92 Å². The van der Waals surface area contributed by atoms with E-state index in [0.717, 1.165) is 13.1 Å². The van der Waals surface area contributed by atoms with Crippen molar-refractivity contribution in [3.8, 4) is 12.3 Å². The fourth-order valence-corrected chi connectivity index (χ4v) is 2.25. The molecule has 0 N–H and O–H groups in total. The number of ether oxygens (including phenoxy) is 1. The van der Waals surface area contributed by atoms with Crippen molar-refractivity contribution in [3.63, 3.8) is 0 Å². The van der Waals surface area contributed by atoms with Crippen LogP contribution in [0.3, 0.4) is 0 Å². The van der Waals surface area contributed by atoms with E-state index in [1.165, 1.54) is 0 Å². The van der Waals surface area contributed by atoms with Gasteiger partial charge in [-0.15, -0.1) is 12.3 Å². The lowest BCUT2D eigenvalue weighted by Gasteiger charge is -2.25. The standard InChI is InChI=1S/C12H17NO2/c1-5-8-9-6-13(7-10(8)9)11(14)15-12(2,3)4/h1,8-10H,6-7H2,2-4H3/t8-,9-,10+. The van der Waals surface area contributed by atoms with Crippen LogP contribution in [0.25, 0.3) is 0 Å². The van der Waals surface area contributed by atoms with Crippen molar-refractivity contribution >= 4 is 6.09 Å². The maximum atomic E-state index is 11.7. The van der Waals surface area contributed by atoms with Gasteiger partial charge in [-0.1, -0.05) is 0 Å². The molecule has 1 saturated carbocycles. The van der Waals surface area contributed by atoms with Crippen LogP contribution in [-0.4, -0.2) is 29.7 Å². The molecule has 1 aliphatic carbocycles. The third kappa shape index (κ3) is 1.94. The normalized spacial score (nSPS) is 33.2.